The van der Waals surface area contributed by atoms with Crippen molar-refractivity contribution in [3.63, 3.8) is 0 Å². The Morgan fingerprint density at radius 1 is 1.22 bits per heavy atom. The summed E-state index contributed by atoms with van der Waals surface area (Å²) >= 11 is 0. The normalized spacial score (nSPS) is 16.5. The molecule has 0 fully saturated rings. The Balaban J connectivity index is 0.000000771. The van der Waals surface area contributed by atoms with Crippen LogP contribution in [-0.2, 0) is 4.74 Å². The molecule has 0 saturated heterocycles. The Labute approximate surface area is 107 Å². The van der Waals surface area contributed by atoms with E-state index in [-0.39, 0.29) is 17.0 Å². The summed E-state index contributed by atoms with van der Waals surface area (Å²) in [7, 11) is 0. The van der Waals surface area contributed by atoms with Crippen molar-refractivity contribution in [3.8, 4) is 0 Å². The van der Waals surface area contributed by atoms with Gasteiger partial charge in [0.2, 0.25) is 5.90 Å². The summed E-state index contributed by atoms with van der Waals surface area (Å²) in [6, 6.07) is 2.12. The first kappa shape index (κ1) is 14.6. The molecule has 0 radical (unpaired) electrons. The van der Waals surface area contributed by atoms with E-state index in [1.807, 2.05) is 27.7 Å². The van der Waals surface area contributed by atoms with Crippen molar-refractivity contribution in [1.82, 2.24) is 0 Å². The fourth-order valence-electron chi connectivity index (χ4n) is 1.69. The van der Waals surface area contributed by atoms with Crippen LogP contribution in [0.25, 0.3) is 0 Å². The molecule has 100 valence electrons. The third-order valence-corrected chi connectivity index (χ3v) is 2.43. The van der Waals surface area contributed by atoms with E-state index in [0.717, 1.165) is 6.07 Å². The summed E-state index contributed by atoms with van der Waals surface area (Å²) in [6.07, 6.45) is 0. The highest BCUT2D eigenvalue weighted by Crippen LogP contribution is 2.24. The lowest BCUT2D eigenvalue weighted by Gasteiger charge is -2.07. The largest absolute Gasteiger partial charge is 0.475 e. The third-order valence-electron chi connectivity index (χ3n) is 2.43. The van der Waals surface area contributed by atoms with E-state index in [0.29, 0.717) is 12.2 Å². The maximum Gasteiger partial charge on any atom is 0.220 e. The molecule has 0 N–H and O–H groups in total. The monoisotopic (exact) mass is 255 g/mol. The average molecular weight is 255 g/mol. The molecule has 0 bridgehead atoms. The van der Waals surface area contributed by atoms with Crippen LogP contribution in [0.1, 0.15) is 38.8 Å². The Morgan fingerprint density at radius 3 is 2.28 bits per heavy atom. The average Bonchev–Trinajstić information content (AvgIpc) is 2.60. The highest BCUT2D eigenvalue weighted by atomic mass is 19.1. The highest BCUT2D eigenvalue weighted by molar-refractivity contribution is 5.97. The third kappa shape index (κ3) is 3.06. The molecule has 2 rings (SSSR count). The van der Waals surface area contributed by atoms with Gasteiger partial charge in [-0.2, -0.15) is 0 Å². The zero-order chi connectivity index (χ0) is 13.9. The Bertz CT molecular complexity index is 444. The summed E-state index contributed by atoms with van der Waals surface area (Å²) in [5.74, 6) is -0.953. The zero-order valence-corrected chi connectivity index (χ0v) is 11.5. The van der Waals surface area contributed by atoms with Gasteiger partial charge in [-0.05, 0) is 32.4 Å². The molecule has 0 amide bonds. The quantitative estimate of drug-likeness (QED) is 0.746. The fourth-order valence-corrected chi connectivity index (χ4v) is 1.69. The van der Waals surface area contributed by atoms with Crippen molar-refractivity contribution in [1.29, 1.82) is 0 Å². The van der Waals surface area contributed by atoms with Crippen LogP contribution < -0.4 is 0 Å². The van der Waals surface area contributed by atoms with Gasteiger partial charge in [-0.3, -0.25) is 0 Å². The van der Waals surface area contributed by atoms with E-state index in [1.54, 1.807) is 6.92 Å². The van der Waals surface area contributed by atoms with Gasteiger partial charge < -0.3 is 4.74 Å². The Morgan fingerprint density at radius 2 is 1.83 bits per heavy atom. The summed E-state index contributed by atoms with van der Waals surface area (Å²) < 4.78 is 31.9. The molecule has 1 heterocycles. The zero-order valence-electron chi connectivity index (χ0n) is 11.5. The molecule has 18 heavy (non-hydrogen) atoms. The number of aryl methyl sites for hydroxylation is 1. The molecule has 2 nitrogen and oxygen atoms in total. The first-order chi connectivity index (χ1) is 8.39. The number of ether oxygens (including phenoxy) is 1. The van der Waals surface area contributed by atoms with Crippen molar-refractivity contribution >= 4 is 5.90 Å². The molecular formula is C14H19F2NO. The number of benzene rings is 1. The first-order valence-electron chi connectivity index (χ1n) is 6.08. The van der Waals surface area contributed by atoms with Gasteiger partial charge in [-0.1, -0.05) is 13.8 Å². The van der Waals surface area contributed by atoms with Gasteiger partial charge in [0.25, 0.3) is 0 Å². The molecule has 0 unspecified atom stereocenters. The van der Waals surface area contributed by atoms with Crippen LogP contribution in [0.2, 0.25) is 0 Å². The van der Waals surface area contributed by atoms with Gasteiger partial charge in [0.15, 0.2) is 0 Å². The fraction of sp³-hybridized carbons (Fsp3) is 0.500. The van der Waals surface area contributed by atoms with Crippen molar-refractivity contribution in [2.24, 2.45) is 4.99 Å². The summed E-state index contributed by atoms with van der Waals surface area (Å²) in [4.78, 5) is 4.27. The topological polar surface area (TPSA) is 21.6 Å². The minimum atomic E-state index is -0.631. The lowest BCUT2D eigenvalue weighted by Crippen LogP contribution is -2.17. The predicted molar refractivity (Wildman–Crippen MR) is 69.0 cm³/mol. The first-order valence-corrected chi connectivity index (χ1v) is 6.08. The second kappa shape index (κ2) is 5.46. The van der Waals surface area contributed by atoms with Gasteiger partial charge in [-0.25, -0.2) is 13.8 Å². The Hall–Kier alpha value is -1.45. The molecule has 1 aromatic rings. The van der Waals surface area contributed by atoms with Crippen LogP contribution >= 0.6 is 0 Å². The summed E-state index contributed by atoms with van der Waals surface area (Å²) in [5.41, 5.74) is 0.406. The second-order valence-electron chi connectivity index (χ2n) is 4.60. The minimum Gasteiger partial charge on any atom is -0.475 e. The van der Waals surface area contributed by atoms with Crippen molar-refractivity contribution in [2.75, 3.05) is 6.61 Å². The van der Waals surface area contributed by atoms with Crippen LogP contribution in [0.3, 0.4) is 0 Å². The smallest absolute Gasteiger partial charge is 0.220 e. The SMILES string of the molecule is CC.Cc1cc(F)cc(F)c1C1=NC(C)(C)CO1. The van der Waals surface area contributed by atoms with E-state index < -0.39 is 11.6 Å². The summed E-state index contributed by atoms with van der Waals surface area (Å²) in [6.45, 7) is 9.85. The number of hydrogen-bond donors (Lipinski definition) is 0. The molecule has 0 aromatic heterocycles. The van der Waals surface area contributed by atoms with E-state index in [9.17, 15) is 8.78 Å². The standard InChI is InChI=1S/C12H13F2NO.C2H6/c1-7-4-8(13)5-9(14)10(7)11-15-12(2,3)6-16-11;1-2/h4-5H,6H2,1-3H3;1-2H3. The number of rotatable bonds is 1. The van der Waals surface area contributed by atoms with Gasteiger partial charge >= 0.3 is 0 Å². The molecular weight excluding hydrogens is 236 g/mol. The lowest BCUT2D eigenvalue weighted by atomic mass is 10.1. The molecule has 0 saturated carbocycles. The van der Waals surface area contributed by atoms with Gasteiger partial charge in [0, 0.05) is 6.07 Å². The van der Waals surface area contributed by atoms with Gasteiger partial charge in [0.05, 0.1) is 11.1 Å². The minimum absolute atomic E-state index is 0.256. The molecule has 4 heteroatoms. The van der Waals surface area contributed by atoms with Crippen LogP contribution in [0.4, 0.5) is 8.78 Å². The maximum atomic E-state index is 13.6. The molecule has 0 atom stereocenters. The van der Waals surface area contributed by atoms with Crippen LogP contribution in [0.5, 0.6) is 0 Å². The van der Waals surface area contributed by atoms with Crippen molar-refractivity contribution < 1.29 is 13.5 Å². The van der Waals surface area contributed by atoms with Crippen LogP contribution in [0, 0.1) is 18.6 Å². The maximum absolute atomic E-state index is 13.6. The van der Waals surface area contributed by atoms with E-state index in [4.69, 9.17) is 4.74 Å². The van der Waals surface area contributed by atoms with Gasteiger partial charge in [-0.15, -0.1) is 0 Å². The van der Waals surface area contributed by atoms with Crippen molar-refractivity contribution in [2.45, 2.75) is 40.2 Å². The Kier molecular flexibility index (Phi) is 4.43. The predicted octanol–water partition coefficient (Wildman–Crippen LogP) is 3.85. The van der Waals surface area contributed by atoms with Crippen LogP contribution in [-0.4, -0.2) is 18.0 Å². The van der Waals surface area contributed by atoms with Crippen LogP contribution in [0.15, 0.2) is 17.1 Å². The van der Waals surface area contributed by atoms with E-state index in [2.05, 4.69) is 4.99 Å². The lowest BCUT2D eigenvalue weighted by molar-refractivity contribution is 0.278. The number of aliphatic imine (C=N–C) groups is 1. The summed E-state index contributed by atoms with van der Waals surface area (Å²) in [5, 5.41) is 0. The van der Waals surface area contributed by atoms with E-state index in [1.165, 1.54) is 6.07 Å². The number of halogens is 2. The van der Waals surface area contributed by atoms with Gasteiger partial charge in [0.1, 0.15) is 18.2 Å². The van der Waals surface area contributed by atoms with E-state index >= 15 is 0 Å². The van der Waals surface area contributed by atoms with Crippen molar-refractivity contribution in [3.05, 3.63) is 34.9 Å². The molecule has 1 aliphatic rings. The molecule has 0 spiro atoms. The number of nitrogens with zero attached hydrogens (tertiary/aromatic N) is 1. The second-order valence-corrected chi connectivity index (χ2v) is 4.60. The molecule has 1 aromatic carbocycles. The molecule has 1 aliphatic heterocycles. The molecule has 0 aliphatic carbocycles. The number of hydrogen-bond acceptors (Lipinski definition) is 2. The highest BCUT2D eigenvalue weighted by Gasteiger charge is 2.29.